The standard InChI is InChI=1S/C12H21N5O/c1-17(2)6-4-3-5-15-10-8-16-11(13)7-9(10)12(14)18/h7-8,15H,3-6H2,1-2H3,(H2,13,16)(H2,14,18). The zero-order valence-electron chi connectivity index (χ0n) is 10.9. The van der Waals surface area contributed by atoms with Crippen molar-refractivity contribution < 1.29 is 4.79 Å². The van der Waals surface area contributed by atoms with Crippen LogP contribution in [0.4, 0.5) is 11.5 Å². The number of pyridine rings is 1. The minimum absolute atomic E-state index is 0.293. The maximum Gasteiger partial charge on any atom is 0.250 e. The molecular weight excluding hydrogens is 230 g/mol. The van der Waals surface area contributed by atoms with Crippen LogP contribution in [0.5, 0.6) is 0 Å². The summed E-state index contributed by atoms with van der Waals surface area (Å²) in [5.74, 6) is -0.207. The molecule has 1 aromatic heterocycles. The molecule has 1 amide bonds. The van der Waals surface area contributed by atoms with Crippen molar-refractivity contribution in [3.63, 3.8) is 0 Å². The quantitative estimate of drug-likeness (QED) is 0.614. The number of aromatic nitrogens is 1. The highest BCUT2D eigenvalue weighted by molar-refractivity contribution is 5.98. The van der Waals surface area contributed by atoms with E-state index in [1.807, 2.05) is 14.1 Å². The number of amides is 1. The summed E-state index contributed by atoms with van der Waals surface area (Å²) in [6.45, 7) is 1.82. The molecule has 100 valence electrons. The number of primary amides is 1. The molecule has 1 aromatic rings. The number of hydrogen-bond donors (Lipinski definition) is 3. The van der Waals surface area contributed by atoms with Gasteiger partial charge in [-0.1, -0.05) is 0 Å². The second-order valence-electron chi connectivity index (χ2n) is 4.46. The van der Waals surface area contributed by atoms with Crippen molar-refractivity contribution in [1.29, 1.82) is 0 Å². The van der Waals surface area contributed by atoms with E-state index in [0.29, 0.717) is 17.1 Å². The van der Waals surface area contributed by atoms with Gasteiger partial charge in [0.15, 0.2) is 0 Å². The lowest BCUT2D eigenvalue weighted by Crippen LogP contribution is -2.17. The van der Waals surface area contributed by atoms with Crippen molar-refractivity contribution in [3.8, 4) is 0 Å². The molecule has 1 heterocycles. The van der Waals surface area contributed by atoms with E-state index in [0.717, 1.165) is 25.9 Å². The van der Waals surface area contributed by atoms with Gasteiger partial charge < -0.3 is 21.7 Å². The molecule has 6 heteroatoms. The first-order valence-corrected chi connectivity index (χ1v) is 5.94. The van der Waals surface area contributed by atoms with Gasteiger partial charge in [0.05, 0.1) is 17.4 Å². The Bertz CT molecular complexity index is 405. The van der Waals surface area contributed by atoms with Crippen molar-refractivity contribution >= 4 is 17.4 Å². The number of nitrogen functional groups attached to an aromatic ring is 1. The minimum atomic E-state index is -0.500. The van der Waals surface area contributed by atoms with Gasteiger partial charge in [-0.3, -0.25) is 4.79 Å². The highest BCUT2D eigenvalue weighted by atomic mass is 16.1. The fraction of sp³-hybridized carbons (Fsp3) is 0.500. The first kappa shape index (κ1) is 14.2. The van der Waals surface area contributed by atoms with Crippen molar-refractivity contribution in [1.82, 2.24) is 9.88 Å². The second kappa shape index (κ2) is 6.80. The van der Waals surface area contributed by atoms with E-state index < -0.39 is 5.91 Å². The van der Waals surface area contributed by atoms with Crippen LogP contribution in [0.1, 0.15) is 23.2 Å². The summed E-state index contributed by atoms with van der Waals surface area (Å²) in [6.07, 6.45) is 3.65. The molecule has 0 saturated carbocycles. The third-order valence-electron chi connectivity index (χ3n) is 2.54. The van der Waals surface area contributed by atoms with Gasteiger partial charge in [-0.2, -0.15) is 0 Å². The summed E-state index contributed by atoms with van der Waals surface area (Å²) in [5, 5.41) is 3.16. The number of hydrogen-bond acceptors (Lipinski definition) is 5. The van der Waals surface area contributed by atoms with Gasteiger partial charge in [-0.15, -0.1) is 0 Å². The SMILES string of the molecule is CN(C)CCCCNc1cnc(N)cc1C(N)=O. The summed E-state index contributed by atoms with van der Waals surface area (Å²) in [7, 11) is 4.09. The molecule has 0 aliphatic carbocycles. The maximum atomic E-state index is 11.2. The molecule has 0 unspecified atom stereocenters. The Morgan fingerprint density at radius 3 is 2.78 bits per heavy atom. The van der Waals surface area contributed by atoms with Crippen LogP contribution in [0, 0.1) is 0 Å². The zero-order chi connectivity index (χ0) is 13.5. The van der Waals surface area contributed by atoms with Crippen molar-refractivity contribution in [2.45, 2.75) is 12.8 Å². The van der Waals surface area contributed by atoms with E-state index >= 15 is 0 Å². The molecule has 18 heavy (non-hydrogen) atoms. The number of carbonyl (C=O) groups excluding carboxylic acids is 1. The summed E-state index contributed by atoms with van der Waals surface area (Å²) >= 11 is 0. The van der Waals surface area contributed by atoms with E-state index in [4.69, 9.17) is 11.5 Å². The van der Waals surface area contributed by atoms with Crippen LogP contribution in [-0.4, -0.2) is 43.0 Å². The van der Waals surface area contributed by atoms with E-state index in [1.54, 1.807) is 6.20 Å². The maximum absolute atomic E-state index is 11.2. The summed E-state index contributed by atoms with van der Waals surface area (Å²) in [5.41, 5.74) is 11.8. The van der Waals surface area contributed by atoms with Crippen LogP contribution in [0.25, 0.3) is 0 Å². The Hall–Kier alpha value is -1.82. The Morgan fingerprint density at radius 2 is 2.17 bits per heavy atom. The Labute approximate surface area is 107 Å². The third-order valence-corrected chi connectivity index (χ3v) is 2.54. The number of anilines is 2. The van der Waals surface area contributed by atoms with Crippen molar-refractivity contribution in [3.05, 3.63) is 17.8 Å². The molecule has 0 spiro atoms. The molecular formula is C12H21N5O. The number of nitrogens with two attached hydrogens (primary N) is 2. The average molecular weight is 251 g/mol. The summed E-state index contributed by atoms with van der Waals surface area (Å²) in [4.78, 5) is 17.3. The fourth-order valence-corrected chi connectivity index (χ4v) is 1.59. The van der Waals surface area contributed by atoms with Gasteiger partial charge >= 0.3 is 0 Å². The Morgan fingerprint density at radius 1 is 1.44 bits per heavy atom. The van der Waals surface area contributed by atoms with Crippen molar-refractivity contribution in [2.24, 2.45) is 5.73 Å². The molecule has 0 fully saturated rings. The lowest BCUT2D eigenvalue weighted by Gasteiger charge is -2.11. The number of nitrogens with zero attached hydrogens (tertiary/aromatic N) is 2. The van der Waals surface area contributed by atoms with Gasteiger partial charge in [0.25, 0.3) is 5.91 Å². The summed E-state index contributed by atoms with van der Waals surface area (Å²) in [6, 6.07) is 1.49. The highest BCUT2D eigenvalue weighted by Crippen LogP contribution is 2.15. The molecule has 0 saturated heterocycles. The largest absolute Gasteiger partial charge is 0.384 e. The molecule has 0 aromatic carbocycles. The lowest BCUT2D eigenvalue weighted by atomic mass is 10.2. The zero-order valence-corrected chi connectivity index (χ0v) is 10.9. The predicted octanol–water partition coefficient (Wildman–Crippen LogP) is 0.516. The third kappa shape index (κ3) is 4.58. The van der Waals surface area contributed by atoms with Gasteiger partial charge in [-0.05, 0) is 39.5 Å². The first-order chi connectivity index (χ1) is 8.50. The van der Waals surface area contributed by atoms with E-state index in [9.17, 15) is 4.79 Å². The fourth-order valence-electron chi connectivity index (χ4n) is 1.59. The first-order valence-electron chi connectivity index (χ1n) is 5.94. The van der Waals surface area contributed by atoms with E-state index in [-0.39, 0.29) is 0 Å². The van der Waals surface area contributed by atoms with Crippen molar-refractivity contribution in [2.75, 3.05) is 38.2 Å². The smallest absolute Gasteiger partial charge is 0.250 e. The molecule has 0 aliphatic rings. The lowest BCUT2D eigenvalue weighted by molar-refractivity contribution is 0.100. The molecule has 0 radical (unpaired) electrons. The molecule has 0 aliphatic heterocycles. The molecule has 6 nitrogen and oxygen atoms in total. The second-order valence-corrected chi connectivity index (χ2v) is 4.46. The van der Waals surface area contributed by atoms with Crippen LogP contribution < -0.4 is 16.8 Å². The number of nitrogens with one attached hydrogen (secondary N) is 1. The number of unbranched alkanes of at least 4 members (excludes halogenated alkanes) is 1. The van der Waals surface area contributed by atoms with Gasteiger partial charge in [0.1, 0.15) is 5.82 Å². The number of rotatable bonds is 7. The molecule has 5 N–H and O–H groups in total. The van der Waals surface area contributed by atoms with Gasteiger partial charge in [-0.25, -0.2) is 4.98 Å². The molecule has 0 bridgehead atoms. The van der Waals surface area contributed by atoms with Gasteiger partial charge in [0, 0.05) is 6.54 Å². The van der Waals surface area contributed by atoms with E-state index in [2.05, 4.69) is 15.2 Å². The Kier molecular flexibility index (Phi) is 5.38. The monoisotopic (exact) mass is 251 g/mol. The minimum Gasteiger partial charge on any atom is -0.384 e. The van der Waals surface area contributed by atoms with Crippen LogP contribution in [0.3, 0.4) is 0 Å². The normalized spacial score (nSPS) is 10.6. The average Bonchev–Trinajstić information content (AvgIpc) is 2.29. The van der Waals surface area contributed by atoms with Crippen LogP contribution in [0.2, 0.25) is 0 Å². The molecule has 1 rings (SSSR count). The Balaban J connectivity index is 2.49. The predicted molar refractivity (Wildman–Crippen MR) is 73.4 cm³/mol. The molecule has 0 atom stereocenters. The summed E-state index contributed by atoms with van der Waals surface area (Å²) < 4.78 is 0. The number of carbonyl (C=O) groups is 1. The van der Waals surface area contributed by atoms with Crippen LogP contribution >= 0.6 is 0 Å². The van der Waals surface area contributed by atoms with Crippen LogP contribution in [0.15, 0.2) is 12.3 Å². The highest BCUT2D eigenvalue weighted by Gasteiger charge is 2.08. The topological polar surface area (TPSA) is 97.3 Å². The van der Waals surface area contributed by atoms with Gasteiger partial charge in [0.2, 0.25) is 0 Å². The van der Waals surface area contributed by atoms with Crippen LogP contribution in [-0.2, 0) is 0 Å². The van der Waals surface area contributed by atoms with E-state index in [1.165, 1.54) is 6.07 Å².